The first-order valence-electron chi connectivity index (χ1n) is 9.68. The van der Waals surface area contributed by atoms with Crippen molar-refractivity contribution in [3.8, 4) is 0 Å². The molecule has 0 saturated heterocycles. The molecule has 0 radical (unpaired) electrons. The number of benzene rings is 1. The number of hydrogen-bond acceptors (Lipinski definition) is 4. The van der Waals surface area contributed by atoms with Crippen LogP contribution in [0.3, 0.4) is 0 Å². The summed E-state index contributed by atoms with van der Waals surface area (Å²) in [6.45, 7) is 3.22. The molecule has 28 heavy (non-hydrogen) atoms. The first kappa shape index (κ1) is 18.7. The highest BCUT2D eigenvalue weighted by atomic mass is 32.1. The number of aryl methyl sites for hydroxylation is 2. The molecular formula is C21H26N6S. The Morgan fingerprint density at radius 2 is 2.07 bits per heavy atom. The second-order valence-corrected chi connectivity index (χ2v) is 8.21. The van der Waals surface area contributed by atoms with Crippen molar-refractivity contribution in [3.63, 3.8) is 0 Å². The predicted molar refractivity (Wildman–Crippen MR) is 113 cm³/mol. The molecule has 1 atom stereocenters. The second kappa shape index (κ2) is 8.56. The fourth-order valence-corrected chi connectivity index (χ4v) is 4.13. The number of fused-ring (bicyclic) bond motifs is 1. The summed E-state index contributed by atoms with van der Waals surface area (Å²) >= 11 is 1.75. The third-order valence-electron chi connectivity index (χ3n) is 5.26. The molecule has 0 saturated carbocycles. The third-order valence-corrected chi connectivity index (χ3v) is 6.14. The van der Waals surface area contributed by atoms with Crippen molar-refractivity contribution in [2.75, 3.05) is 0 Å². The standard InChI is InChI=1S/C21H26N6S/c1-15-25-26-20(27(15)2)14-23-21(22-13-19-8-5-11-28-19)24-18-10-9-16-6-3-4-7-17(16)12-18/h3-8,11,18H,9-10,12-14H2,1-2H3,(H2,22,23,24). The van der Waals surface area contributed by atoms with E-state index in [1.807, 2.05) is 18.5 Å². The fraction of sp³-hybridized carbons (Fsp3) is 0.381. The lowest BCUT2D eigenvalue weighted by atomic mass is 9.88. The number of rotatable bonds is 5. The zero-order chi connectivity index (χ0) is 19.3. The fourth-order valence-electron chi connectivity index (χ4n) is 3.49. The molecule has 2 N–H and O–H groups in total. The van der Waals surface area contributed by atoms with E-state index < -0.39 is 0 Å². The lowest BCUT2D eigenvalue weighted by Gasteiger charge is -2.27. The van der Waals surface area contributed by atoms with Gasteiger partial charge < -0.3 is 15.2 Å². The number of thiophene rings is 1. The number of nitrogens with one attached hydrogen (secondary N) is 2. The molecule has 0 aliphatic heterocycles. The van der Waals surface area contributed by atoms with Crippen molar-refractivity contribution in [3.05, 3.63) is 69.4 Å². The summed E-state index contributed by atoms with van der Waals surface area (Å²) < 4.78 is 1.98. The van der Waals surface area contributed by atoms with Crippen LogP contribution in [0.4, 0.5) is 0 Å². The van der Waals surface area contributed by atoms with E-state index in [-0.39, 0.29) is 0 Å². The summed E-state index contributed by atoms with van der Waals surface area (Å²) in [5.74, 6) is 2.59. The Morgan fingerprint density at radius 3 is 2.82 bits per heavy atom. The highest BCUT2D eigenvalue weighted by molar-refractivity contribution is 7.09. The molecule has 1 unspecified atom stereocenters. The molecule has 146 valence electrons. The molecule has 7 heteroatoms. The van der Waals surface area contributed by atoms with Crippen LogP contribution >= 0.6 is 11.3 Å². The topological polar surface area (TPSA) is 67.1 Å². The van der Waals surface area contributed by atoms with Crippen molar-refractivity contribution >= 4 is 17.3 Å². The van der Waals surface area contributed by atoms with Gasteiger partial charge in [-0.2, -0.15) is 0 Å². The summed E-state index contributed by atoms with van der Waals surface area (Å²) in [4.78, 5) is 6.08. The minimum Gasteiger partial charge on any atom is -0.353 e. The Bertz CT molecular complexity index is 944. The maximum absolute atomic E-state index is 4.79. The molecule has 1 aliphatic rings. The van der Waals surface area contributed by atoms with Crippen LogP contribution in [0.1, 0.15) is 34.1 Å². The van der Waals surface area contributed by atoms with Gasteiger partial charge in [-0.3, -0.25) is 0 Å². The Hall–Kier alpha value is -2.67. The molecule has 1 aliphatic carbocycles. The molecule has 6 nitrogen and oxygen atoms in total. The molecule has 2 aromatic heterocycles. The van der Waals surface area contributed by atoms with Crippen molar-refractivity contribution in [1.82, 2.24) is 25.4 Å². The maximum Gasteiger partial charge on any atom is 0.192 e. The van der Waals surface area contributed by atoms with Gasteiger partial charge in [-0.1, -0.05) is 30.3 Å². The van der Waals surface area contributed by atoms with Crippen LogP contribution in [0.15, 0.2) is 46.8 Å². The zero-order valence-corrected chi connectivity index (χ0v) is 17.2. The summed E-state index contributed by atoms with van der Waals surface area (Å²) in [5.41, 5.74) is 2.91. The Morgan fingerprint density at radius 1 is 1.21 bits per heavy atom. The Labute approximate surface area is 169 Å². The summed E-state index contributed by atoms with van der Waals surface area (Å²) in [7, 11) is 1.98. The van der Waals surface area contributed by atoms with Crippen molar-refractivity contribution < 1.29 is 0 Å². The van der Waals surface area contributed by atoms with Crippen LogP contribution in [-0.2, 0) is 33.0 Å². The lowest BCUT2D eigenvalue weighted by molar-refractivity contribution is 0.519. The highest BCUT2D eigenvalue weighted by Crippen LogP contribution is 2.21. The van der Waals surface area contributed by atoms with Gasteiger partial charge in [-0.05, 0) is 48.8 Å². The highest BCUT2D eigenvalue weighted by Gasteiger charge is 2.19. The number of nitrogens with zero attached hydrogens (tertiary/aromatic N) is 4. The first-order valence-corrected chi connectivity index (χ1v) is 10.6. The van der Waals surface area contributed by atoms with Gasteiger partial charge >= 0.3 is 0 Å². The molecule has 2 heterocycles. The maximum atomic E-state index is 4.79. The SMILES string of the molecule is Cc1nnc(CN=C(NCc2cccs2)NC2CCc3ccccc3C2)n1C. The summed E-state index contributed by atoms with van der Waals surface area (Å²) in [5, 5.41) is 17.6. The predicted octanol–water partition coefficient (Wildman–Crippen LogP) is 2.98. The van der Waals surface area contributed by atoms with Gasteiger partial charge in [0.25, 0.3) is 0 Å². The summed E-state index contributed by atoms with van der Waals surface area (Å²) in [6.07, 6.45) is 3.24. The number of guanidine groups is 1. The smallest absolute Gasteiger partial charge is 0.192 e. The van der Waals surface area contributed by atoms with E-state index in [9.17, 15) is 0 Å². The van der Waals surface area contributed by atoms with Crippen LogP contribution < -0.4 is 10.6 Å². The van der Waals surface area contributed by atoms with Crippen LogP contribution in [-0.4, -0.2) is 26.8 Å². The first-order chi connectivity index (χ1) is 13.7. The van der Waals surface area contributed by atoms with Gasteiger partial charge in [-0.15, -0.1) is 21.5 Å². The zero-order valence-electron chi connectivity index (χ0n) is 16.4. The van der Waals surface area contributed by atoms with Gasteiger partial charge in [-0.25, -0.2) is 4.99 Å². The van der Waals surface area contributed by atoms with E-state index in [1.165, 1.54) is 16.0 Å². The molecule has 0 amide bonds. The lowest BCUT2D eigenvalue weighted by Crippen LogP contribution is -2.45. The minimum absolute atomic E-state index is 0.380. The minimum atomic E-state index is 0.380. The quantitative estimate of drug-likeness (QED) is 0.516. The van der Waals surface area contributed by atoms with Crippen LogP contribution in [0.2, 0.25) is 0 Å². The molecule has 0 spiro atoms. The average molecular weight is 395 g/mol. The molecule has 3 aromatic rings. The third kappa shape index (κ3) is 4.42. The van der Waals surface area contributed by atoms with Gasteiger partial charge in [0.2, 0.25) is 0 Å². The average Bonchev–Trinajstić information content (AvgIpc) is 3.35. The van der Waals surface area contributed by atoms with Gasteiger partial charge in [0.15, 0.2) is 11.8 Å². The monoisotopic (exact) mass is 394 g/mol. The van der Waals surface area contributed by atoms with Crippen molar-refractivity contribution in [2.24, 2.45) is 12.0 Å². The molecule has 4 rings (SSSR count). The molecule has 0 bridgehead atoms. The van der Waals surface area contributed by atoms with E-state index in [4.69, 9.17) is 4.99 Å². The number of hydrogen-bond donors (Lipinski definition) is 2. The van der Waals surface area contributed by atoms with E-state index in [1.54, 1.807) is 11.3 Å². The largest absolute Gasteiger partial charge is 0.353 e. The van der Waals surface area contributed by atoms with E-state index >= 15 is 0 Å². The Balaban J connectivity index is 1.46. The second-order valence-electron chi connectivity index (χ2n) is 7.17. The number of aromatic nitrogens is 3. The molecular weight excluding hydrogens is 368 g/mol. The molecule has 0 fully saturated rings. The Kier molecular flexibility index (Phi) is 5.71. The van der Waals surface area contributed by atoms with E-state index in [0.29, 0.717) is 12.6 Å². The van der Waals surface area contributed by atoms with Gasteiger partial charge in [0, 0.05) is 18.0 Å². The number of aliphatic imine (C=N–C) groups is 1. The van der Waals surface area contributed by atoms with Crippen LogP contribution in [0, 0.1) is 6.92 Å². The van der Waals surface area contributed by atoms with Crippen molar-refractivity contribution in [1.29, 1.82) is 0 Å². The van der Waals surface area contributed by atoms with E-state index in [0.717, 1.165) is 43.4 Å². The van der Waals surface area contributed by atoms with Crippen LogP contribution in [0.5, 0.6) is 0 Å². The van der Waals surface area contributed by atoms with E-state index in [2.05, 4.69) is 62.6 Å². The van der Waals surface area contributed by atoms with Crippen LogP contribution in [0.25, 0.3) is 0 Å². The molecule has 1 aromatic carbocycles. The summed E-state index contributed by atoms with van der Waals surface area (Å²) in [6, 6.07) is 13.3. The van der Waals surface area contributed by atoms with Crippen molar-refractivity contribution in [2.45, 2.75) is 45.3 Å². The normalized spacial score (nSPS) is 16.6. The van der Waals surface area contributed by atoms with Gasteiger partial charge in [0.1, 0.15) is 12.4 Å². The van der Waals surface area contributed by atoms with Gasteiger partial charge in [0.05, 0.1) is 6.54 Å².